The number of benzene rings is 2. The number of nitrogens with one attached hydrogen (secondary N) is 2. The highest BCUT2D eigenvalue weighted by atomic mass is 32.1. The molecule has 3 aromatic rings. The van der Waals surface area contributed by atoms with Crippen molar-refractivity contribution in [1.82, 2.24) is 20.1 Å². The Balaban J connectivity index is 1.65. The number of hydrogen-bond donors (Lipinski definition) is 3. The summed E-state index contributed by atoms with van der Waals surface area (Å²) in [5.74, 6) is 0. The highest BCUT2D eigenvalue weighted by molar-refractivity contribution is 7.05. The number of aliphatic hydroxyl groups is 1. The van der Waals surface area contributed by atoms with Crippen LogP contribution in [0.5, 0.6) is 0 Å². The van der Waals surface area contributed by atoms with E-state index in [1.807, 2.05) is 48.5 Å². The van der Waals surface area contributed by atoms with E-state index in [9.17, 15) is 14.7 Å². The zero-order valence-corrected chi connectivity index (χ0v) is 22.1. The second-order valence-electron chi connectivity index (χ2n) is 9.40. The molecule has 9 nitrogen and oxygen atoms in total. The largest absolute Gasteiger partial charge is 0.444 e. The first-order chi connectivity index (χ1) is 17.7. The Bertz CT molecular complexity index is 1090. The summed E-state index contributed by atoms with van der Waals surface area (Å²) in [5, 5.41) is 15.3. The highest BCUT2D eigenvalue weighted by Crippen LogP contribution is 2.22. The van der Waals surface area contributed by atoms with Gasteiger partial charge in [-0.05, 0) is 62.3 Å². The first-order valence-electron chi connectivity index (χ1n) is 12.1. The number of nitrogens with zero attached hydrogens (tertiary/aromatic N) is 2. The molecular formula is C27H34N4O5S. The van der Waals surface area contributed by atoms with E-state index in [1.165, 1.54) is 16.5 Å². The summed E-state index contributed by atoms with van der Waals surface area (Å²) in [4.78, 5) is 25.8. The van der Waals surface area contributed by atoms with Gasteiger partial charge in [-0.1, -0.05) is 60.7 Å². The van der Waals surface area contributed by atoms with E-state index >= 15 is 0 Å². The number of rotatable bonds is 11. The number of aliphatic hydroxyl groups excluding tert-OH is 1. The molecule has 0 fully saturated rings. The first kappa shape index (κ1) is 28.1. The summed E-state index contributed by atoms with van der Waals surface area (Å²) in [6.45, 7) is 5.77. The van der Waals surface area contributed by atoms with Crippen LogP contribution in [0.25, 0.3) is 0 Å². The zero-order valence-electron chi connectivity index (χ0n) is 21.3. The molecule has 2 amide bonds. The summed E-state index contributed by atoms with van der Waals surface area (Å²) in [6.07, 6.45) is 0.459. The number of hydrazine groups is 1. The van der Waals surface area contributed by atoms with Gasteiger partial charge in [-0.3, -0.25) is 5.43 Å². The summed E-state index contributed by atoms with van der Waals surface area (Å²) < 4.78 is 14.7. The van der Waals surface area contributed by atoms with Crippen molar-refractivity contribution < 1.29 is 24.2 Å². The van der Waals surface area contributed by atoms with Gasteiger partial charge in [0.15, 0.2) is 0 Å². The van der Waals surface area contributed by atoms with Crippen LogP contribution in [0.4, 0.5) is 9.59 Å². The van der Waals surface area contributed by atoms with Crippen LogP contribution in [0, 0.1) is 0 Å². The predicted molar refractivity (Wildman–Crippen MR) is 141 cm³/mol. The van der Waals surface area contributed by atoms with Crippen LogP contribution in [0.3, 0.4) is 0 Å². The number of aromatic nitrogens is 1. The van der Waals surface area contributed by atoms with E-state index in [1.54, 1.807) is 45.2 Å². The van der Waals surface area contributed by atoms with Gasteiger partial charge < -0.3 is 19.9 Å². The van der Waals surface area contributed by atoms with Crippen molar-refractivity contribution in [1.29, 1.82) is 0 Å². The Morgan fingerprint density at radius 3 is 2.24 bits per heavy atom. The topological polar surface area (TPSA) is 113 Å². The molecule has 3 N–H and O–H groups in total. The van der Waals surface area contributed by atoms with Gasteiger partial charge in [-0.25, -0.2) is 14.0 Å². The highest BCUT2D eigenvalue weighted by Gasteiger charge is 2.24. The third-order valence-corrected chi connectivity index (χ3v) is 5.96. The molecule has 0 aliphatic carbocycles. The van der Waals surface area contributed by atoms with Gasteiger partial charge in [-0.2, -0.15) is 5.01 Å². The van der Waals surface area contributed by atoms with Crippen LogP contribution in [0.2, 0.25) is 0 Å². The van der Waals surface area contributed by atoms with Crippen LogP contribution in [-0.4, -0.2) is 38.8 Å². The second-order valence-corrected chi connectivity index (χ2v) is 10.3. The fourth-order valence-electron chi connectivity index (χ4n) is 3.57. The molecule has 0 aliphatic heterocycles. The third-order valence-electron chi connectivity index (χ3n) is 5.25. The van der Waals surface area contributed by atoms with Gasteiger partial charge in [0, 0.05) is 12.7 Å². The molecule has 3 rings (SSSR count). The van der Waals surface area contributed by atoms with Crippen molar-refractivity contribution in [3.05, 3.63) is 88.9 Å². The number of amides is 2. The summed E-state index contributed by atoms with van der Waals surface area (Å²) in [5.41, 5.74) is 3.53. The maximum Gasteiger partial charge on any atom is 0.422 e. The predicted octanol–water partition coefficient (Wildman–Crippen LogP) is 5.32. The number of hydrogen-bond acceptors (Lipinski definition) is 8. The lowest BCUT2D eigenvalue weighted by atomic mass is 10.0. The molecule has 0 bridgehead atoms. The van der Waals surface area contributed by atoms with Gasteiger partial charge >= 0.3 is 12.2 Å². The van der Waals surface area contributed by atoms with Gasteiger partial charge in [0.2, 0.25) is 0 Å². The average molecular weight is 527 g/mol. The molecule has 0 spiro atoms. The smallest absolute Gasteiger partial charge is 0.422 e. The summed E-state index contributed by atoms with van der Waals surface area (Å²) >= 11 is 1.28. The minimum atomic E-state index is -1.08. The average Bonchev–Trinajstić information content (AvgIpc) is 3.39. The van der Waals surface area contributed by atoms with E-state index in [0.29, 0.717) is 24.9 Å². The van der Waals surface area contributed by atoms with Crippen LogP contribution in [0.15, 0.2) is 72.9 Å². The third kappa shape index (κ3) is 9.83. The van der Waals surface area contributed by atoms with Crippen LogP contribution < -0.4 is 10.7 Å². The fraction of sp³-hybridized carbons (Fsp3) is 0.370. The molecule has 2 unspecified atom stereocenters. The molecule has 37 heavy (non-hydrogen) atoms. The number of carbonyl (C=O) groups is 2. The molecule has 0 aliphatic rings. The maximum atomic E-state index is 12.5. The summed E-state index contributed by atoms with van der Waals surface area (Å²) in [7, 11) is 0. The fourth-order valence-corrected chi connectivity index (χ4v) is 4.06. The van der Waals surface area contributed by atoms with Gasteiger partial charge in [-0.15, -0.1) is 0 Å². The SMILES string of the molecule is CC(C)(C)OC(=O)NN(CCCC(NC(=O)OCc1ccns1)c1ccccc1)C(O)c1ccccc1. The van der Waals surface area contributed by atoms with Gasteiger partial charge in [0.1, 0.15) is 18.4 Å². The number of carbonyl (C=O) groups excluding carboxylic acids is 2. The van der Waals surface area contributed by atoms with Crippen molar-refractivity contribution in [2.75, 3.05) is 6.54 Å². The monoisotopic (exact) mass is 526 g/mol. The zero-order chi connectivity index (χ0) is 26.7. The van der Waals surface area contributed by atoms with Crippen molar-refractivity contribution in [3.63, 3.8) is 0 Å². The van der Waals surface area contributed by atoms with Crippen LogP contribution >= 0.6 is 11.5 Å². The molecule has 0 saturated carbocycles. The Morgan fingerprint density at radius 1 is 1.00 bits per heavy atom. The number of ether oxygens (including phenoxy) is 2. The maximum absolute atomic E-state index is 12.5. The van der Waals surface area contributed by atoms with Crippen molar-refractivity contribution in [2.45, 2.75) is 58.1 Å². The Kier molecular flexibility index (Phi) is 10.4. The van der Waals surface area contributed by atoms with E-state index < -0.39 is 24.0 Å². The molecule has 2 aromatic carbocycles. The lowest BCUT2D eigenvalue weighted by Gasteiger charge is -2.30. The molecule has 198 valence electrons. The quantitative estimate of drug-likeness (QED) is 0.229. The van der Waals surface area contributed by atoms with Crippen molar-refractivity contribution in [3.8, 4) is 0 Å². The standard InChI is InChI=1S/C27H34N4O5S/c1-27(2,3)36-26(34)30-31(24(32)21-13-8-5-9-14-21)18-10-15-23(20-11-6-4-7-12-20)29-25(33)35-19-22-16-17-28-37-22/h4-9,11-14,16-17,23-24,32H,10,15,18-19H2,1-3H3,(H,29,33)(H,30,34). The van der Waals surface area contributed by atoms with Crippen molar-refractivity contribution >= 4 is 23.7 Å². The molecule has 2 atom stereocenters. The molecular weight excluding hydrogens is 492 g/mol. The molecule has 0 saturated heterocycles. The Labute approximate surface area is 221 Å². The van der Waals surface area contributed by atoms with E-state index in [0.717, 1.165) is 10.4 Å². The van der Waals surface area contributed by atoms with E-state index in [4.69, 9.17) is 9.47 Å². The lowest BCUT2D eigenvalue weighted by molar-refractivity contribution is -0.0448. The normalized spacial score (nSPS) is 13.0. The number of alkyl carbamates (subject to hydrolysis) is 1. The second kappa shape index (κ2) is 13.7. The minimum absolute atomic E-state index is 0.148. The molecule has 10 heteroatoms. The van der Waals surface area contributed by atoms with E-state index in [-0.39, 0.29) is 12.6 Å². The Morgan fingerprint density at radius 2 is 1.65 bits per heavy atom. The van der Waals surface area contributed by atoms with Crippen LogP contribution in [0.1, 0.15) is 61.9 Å². The van der Waals surface area contributed by atoms with Gasteiger partial charge in [0.05, 0.1) is 10.9 Å². The first-order valence-corrected chi connectivity index (χ1v) is 12.9. The minimum Gasteiger partial charge on any atom is -0.444 e. The van der Waals surface area contributed by atoms with Crippen molar-refractivity contribution in [2.24, 2.45) is 0 Å². The lowest BCUT2D eigenvalue weighted by Crippen LogP contribution is -2.47. The van der Waals surface area contributed by atoms with Crippen LogP contribution in [-0.2, 0) is 16.1 Å². The summed E-state index contributed by atoms with van der Waals surface area (Å²) in [6, 6.07) is 20.1. The van der Waals surface area contributed by atoms with E-state index in [2.05, 4.69) is 15.1 Å². The molecule has 1 heterocycles. The molecule has 0 radical (unpaired) electrons. The Hall–Kier alpha value is -3.47. The molecule has 1 aromatic heterocycles. The van der Waals surface area contributed by atoms with Gasteiger partial charge in [0.25, 0.3) is 0 Å².